The molecular formula is C21H33N3O2. The van der Waals surface area contributed by atoms with Gasteiger partial charge in [-0.3, -0.25) is 14.6 Å². The molecule has 2 N–H and O–H groups in total. The van der Waals surface area contributed by atoms with Crippen LogP contribution in [0.1, 0.15) is 42.0 Å². The van der Waals surface area contributed by atoms with Crippen LogP contribution in [-0.4, -0.2) is 54.6 Å². The lowest BCUT2D eigenvalue weighted by molar-refractivity contribution is -0.135. The Hall–Kier alpha value is -1.43. The van der Waals surface area contributed by atoms with E-state index in [-0.39, 0.29) is 5.91 Å². The second kappa shape index (κ2) is 8.51. The van der Waals surface area contributed by atoms with Gasteiger partial charge in [-0.05, 0) is 68.0 Å². The number of amides is 1. The predicted molar refractivity (Wildman–Crippen MR) is 104 cm³/mol. The summed E-state index contributed by atoms with van der Waals surface area (Å²) in [5.74, 6) is 0.496. The van der Waals surface area contributed by atoms with Crippen LogP contribution in [-0.2, 0) is 22.6 Å². The molecule has 2 saturated heterocycles. The molecule has 2 aliphatic heterocycles. The third-order valence-corrected chi connectivity index (χ3v) is 5.93. The molecule has 0 bridgehead atoms. The molecule has 5 nitrogen and oxygen atoms in total. The van der Waals surface area contributed by atoms with Gasteiger partial charge >= 0.3 is 0 Å². The second-order valence-electron chi connectivity index (χ2n) is 8.16. The van der Waals surface area contributed by atoms with Crippen LogP contribution < -0.4 is 5.73 Å². The van der Waals surface area contributed by atoms with Crippen LogP contribution in [0, 0.1) is 19.8 Å². The van der Waals surface area contributed by atoms with Gasteiger partial charge in [0.1, 0.15) is 6.10 Å². The fourth-order valence-electron chi connectivity index (χ4n) is 4.01. The molecule has 0 saturated carbocycles. The Bertz CT molecular complexity index is 638. The first-order valence-corrected chi connectivity index (χ1v) is 9.87. The molecular weight excluding hydrogens is 326 g/mol. The summed E-state index contributed by atoms with van der Waals surface area (Å²) in [5.41, 5.74) is 10.9. The zero-order valence-corrected chi connectivity index (χ0v) is 16.5. The molecule has 2 heterocycles. The number of aryl methyl sites for hydroxylation is 2. The summed E-state index contributed by atoms with van der Waals surface area (Å²) >= 11 is 0. The number of piperidine rings is 1. The van der Waals surface area contributed by atoms with E-state index in [2.05, 4.69) is 42.7 Å². The van der Waals surface area contributed by atoms with Crippen molar-refractivity contribution in [1.29, 1.82) is 0 Å². The molecule has 144 valence electrons. The van der Waals surface area contributed by atoms with Crippen LogP contribution >= 0.6 is 0 Å². The molecule has 1 aromatic carbocycles. The summed E-state index contributed by atoms with van der Waals surface area (Å²) in [6.45, 7) is 13.0. The molecule has 26 heavy (non-hydrogen) atoms. The Balaban J connectivity index is 1.68. The number of ether oxygens (including phenoxy) is 1. The summed E-state index contributed by atoms with van der Waals surface area (Å²) < 4.78 is 5.47. The lowest BCUT2D eigenvalue weighted by Crippen LogP contribution is -2.48. The van der Waals surface area contributed by atoms with Crippen molar-refractivity contribution in [2.75, 3.05) is 32.8 Å². The van der Waals surface area contributed by atoms with Gasteiger partial charge in [-0.15, -0.1) is 0 Å². The van der Waals surface area contributed by atoms with E-state index in [0.29, 0.717) is 13.2 Å². The molecule has 0 spiro atoms. The van der Waals surface area contributed by atoms with Crippen LogP contribution in [0.5, 0.6) is 0 Å². The fourth-order valence-corrected chi connectivity index (χ4v) is 4.01. The quantitative estimate of drug-likeness (QED) is 0.876. The van der Waals surface area contributed by atoms with E-state index >= 15 is 0 Å². The number of nitrogens with zero attached hydrogens (tertiary/aromatic N) is 2. The monoisotopic (exact) mass is 359 g/mol. The van der Waals surface area contributed by atoms with Crippen molar-refractivity contribution in [2.24, 2.45) is 11.7 Å². The largest absolute Gasteiger partial charge is 0.367 e. The number of nitrogens with two attached hydrogens (primary N) is 1. The number of carbonyl (C=O) groups is 1. The SMILES string of the molecule is Cc1cc(C)c(CN2CCO[C@@H](C(N)=O)C2)cc1CN1CCC(C)CC1. The third-order valence-electron chi connectivity index (χ3n) is 5.93. The maximum atomic E-state index is 11.4. The number of carbonyl (C=O) groups excluding carboxylic acids is 1. The minimum Gasteiger partial charge on any atom is -0.367 e. The van der Waals surface area contributed by atoms with Crippen molar-refractivity contribution in [3.05, 3.63) is 34.4 Å². The second-order valence-corrected chi connectivity index (χ2v) is 8.16. The number of hydrogen-bond donors (Lipinski definition) is 1. The van der Waals surface area contributed by atoms with E-state index in [9.17, 15) is 4.79 Å². The van der Waals surface area contributed by atoms with Crippen LogP contribution in [0.4, 0.5) is 0 Å². The Morgan fingerprint density at radius 1 is 1.08 bits per heavy atom. The zero-order valence-electron chi connectivity index (χ0n) is 16.5. The first kappa shape index (κ1) is 19.3. The van der Waals surface area contributed by atoms with Gasteiger partial charge in [-0.25, -0.2) is 0 Å². The van der Waals surface area contributed by atoms with Crippen LogP contribution in [0.25, 0.3) is 0 Å². The number of rotatable bonds is 5. The smallest absolute Gasteiger partial charge is 0.247 e. The van der Waals surface area contributed by atoms with Crippen molar-refractivity contribution < 1.29 is 9.53 Å². The van der Waals surface area contributed by atoms with E-state index in [1.54, 1.807) is 0 Å². The molecule has 2 fully saturated rings. The normalized spacial score (nSPS) is 23.3. The number of morpholine rings is 1. The minimum atomic E-state index is -0.482. The number of primary amides is 1. The van der Waals surface area contributed by atoms with Gasteiger partial charge in [0.15, 0.2) is 0 Å². The molecule has 5 heteroatoms. The van der Waals surface area contributed by atoms with E-state index in [1.807, 2.05) is 0 Å². The molecule has 2 aliphatic rings. The maximum Gasteiger partial charge on any atom is 0.247 e. The van der Waals surface area contributed by atoms with Crippen molar-refractivity contribution in [3.63, 3.8) is 0 Å². The molecule has 0 aliphatic carbocycles. The topological polar surface area (TPSA) is 58.8 Å². The molecule has 1 atom stereocenters. The standard InChI is InChI=1S/C21H33N3O2/c1-15-4-6-23(7-5-15)12-18-11-19(17(3)10-16(18)2)13-24-8-9-26-20(14-24)21(22)25/h10-11,15,20H,4-9,12-14H2,1-3H3,(H2,22,25)/t20-/m1/s1. The highest BCUT2D eigenvalue weighted by Crippen LogP contribution is 2.23. The number of likely N-dealkylation sites (tertiary alicyclic amines) is 1. The zero-order chi connectivity index (χ0) is 18.7. The summed E-state index contributed by atoms with van der Waals surface area (Å²) in [4.78, 5) is 16.3. The molecule has 1 aromatic rings. The van der Waals surface area contributed by atoms with Crippen LogP contribution in [0.15, 0.2) is 12.1 Å². The Labute approximate surface area is 157 Å². The predicted octanol–water partition coefficient (Wildman–Crippen LogP) is 2.22. The van der Waals surface area contributed by atoms with Gasteiger partial charge in [0, 0.05) is 26.2 Å². The highest BCUT2D eigenvalue weighted by Gasteiger charge is 2.25. The molecule has 0 aromatic heterocycles. The molecule has 3 rings (SSSR count). The Kier molecular flexibility index (Phi) is 6.33. The average Bonchev–Trinajstić information content (AvgIpc) is 2.61. The number of benzene rings is 1. The van der Waals surface area contributed by atoms with E-state index < -0.39 is 6.10 Å². The van der Waals surface area contributed by atoms with Gasteiger partial charge in [-0.2, -0.15) is 0 Å². The van der Waals surface area contributed by atoms with Crippen molar-refractivity contribution in [1.82, 2.24) is 9.80 Å². The van der Waals surface area contributed by atoms with Gasteiger partial charge in [0.05, 0.1) is 6.61 Å². The van der Waals surface area contributed by atoms with Crippen molar-refractivity contribution in [3.8, 4) is 0 Å². The highest BCUT2D eigenvalue weighted by atomic mass is 16.5. The van der Waals surface area contributed by atoms with Gasteiger partial charge in [0.25, 0.3) is 0 Å². The van der Waals surface area contributed by atoms with Crippen LogP contribution in [0.3, 0.4) is 0 Å². The lowest BCUT2D eigenvalue weighted by atomic mass is 9.96. The Morgan fingerprint density at radius 2 is 1.69 bits per heavy atom. The molecule has 0 radical (unpaired) electrons. The first-order chi connectivity index (χ1) is 12.4. The lowest BCUT2D eigenvalue weighted by Gasteiger charge is -2.32. The highest BCUT2D eigenvalue weighted by molar-refractivity contribution is 5.79. The van der Waals surface area contributed by atoms with E-state index in [1.165, 1.54) is 48.2 Å². The van der Waals surface area contributed by atoms with Crippen LogP contribution in [0.2, 0.25) is 0 Å². The summed E-state index contributed by atoms with van der Waals surface area (Å²) in [5, 5.41) is 0. The van der Waals surface area contributed by atoms with Gasteiger partial charge < -0.3 is 10.5 Å². The number of hydrogen-bond acceptors (Lipinski definition) is 4. The minimum absolute atomic E-state index is 0.365. The molecule has 0 unspecified atom stereocenters. The summed E-state index contributed by atoms with van der Waals surface area (Å²) in [7, 11) is 0. The van der Waals surface area contributed by atoms with Crippen molar-refractivity contribution >= 4 is 5.91 Å². The maximum absolute atomic E-state index is 11.4. The summed E-state index contributed by atoms with van der Waals surface area (Å²) in [6, 6.07) is 4.68. The van der Waals surface area contributed by atoms with Crippen molar-refractivity contribution in [2.45, 2.75) is 52.8 Å². The van der Waals surface area contributed by atoms with Gasteiger partial charge in [0.2, 0.25) is 5.91 Å². The van der Waals surface area contributed by atoms with Gasteiger partial charge in [-0.1, -0.05) is 19.1 Å². The fraction of sp³-hybridized carbons (Fsp3) is 0.667. The summed E-state index contributed by atoms with van der Waals surface area (Å²) in [6.07, 6.45) is 2.13. The van der Waals surface area contributed by atoms with E-state index in [4.69, 9.17) is 10.5 Å². The molecule has 1 amide bonds. The van der Waals surface area contributed by atoms with E-state index in [0.717, 1.165) is 25.6 Å². The first-order valence-electron chi connectivity index (χ1n) is 9.87. The third kappa shape index (κ3) is 4.84. The average molecular weight is 360 g/mol. The Morgan fingerprint density at radius 3 is 2.31 bits per heavy atom.